The zero-order valence-corrected chi connectivity index (χ0v) is 37.3. The third kappa shape index (κ3) is 44.0. The van der Waals surface area contributed by atoms with Gasteiger partial charge in [-0.2, -0.15) is 0 Å². The number of ether oxygens (including phenoxy) is 2. The van der Waals surface area contributed by atoms with Gasteiger partial charge in [0.1, 0.15) is 6.61 Å². The molecule has 0 fully saturated rings. The van der Waals surface area contributed by atoms with Gasteiger partial charge in [0.25, 0.3) is 0 Å². The maximum absolute atomic E-state index is 12.6. The Balaban J connectivity index is 3.94. The summed E-state index contributed by atoms with van der Waals surface area (Å²) in [6, 6.07) is 0. The maximum atomic E-state index is 12.6. The van der Waals surface area contributed by atoms with Crippen LogP contribution < -0.4 is 5.73 Å². The van der Waals surface area contributed by atoms with Crippen molar-refractivity contribution in [1.29, 1.82) is 0 Å². The van der Waals surface area contributed by atoms with Crippen molar-refractivity contribution < 1.29 is 32.8 Å². The molecule has 0 saturated heterocycles. The van der Waals surface area contributed by atoms with Crippen LogP contribution in [0.4, 0.5) is 0 Å². The topological polar surface area (TPSA) is 117 Å². The first-order chi connectivity index (χ1) is 26.9. The lowest BCUT2D eigenvalue weighted by atomic mass is 10.0. The van der Waals surface area contributed by atoms with Crippen LogP contribution >= 0.6 is 7.82 Å². The predicted octanol–water partition coefficient (Wildman–Crippen LogP) is 14.6. The summed E-state index contributed by atoms with van der Waals surface area (Å²) in [7, 11) is -4.29. The van der Waals surface area contributed by atoms with E-state index in [-0.39, 0.29) is 32.3 Å². The molecule has 0 aromatic rings. The van der Waals surface area contributed by atoms with E-state index in [0.717, 1.165) is 32.1 Å². The number of esters is 1. The van der Waals surface area contributed by atoms with Crippen LogP contribution in [0.25, 0.3) is 0 Å². The van der Waals surface area contributed by atoms with Gasteiger partial charge in [0.05, 0.1) is 19.5 Å². The molecule has 0 spiro atoms. The fourth-order valence-corrected chi connectivity index (χ4v) is 7.79. The van der Waals surface area contributed by atoms with Crippen LogP contribution in [0, 0.1) is 0 Å². The van der Waals surface area contributed by atoms with Gasteiger partial charge in [0.2, 0.25) is 0 Å². The van der Waals surface area contributed by atoms with E-state index in [0.29, 0.717) is 6.42 Å². The predicted molar refractivity (Wildman–Crippen MR) is 233 cm³/mol. The average molecular weight is 802 g/mol. The van der Waals surface area contributed by atoms with Crippen LogP contribution in [0.1, 0.15) is 245 Å². The highest BCUT2D eigenvalue weighted by Crippen LogP contribution is 2.43. The monoisotopic (exact) mass is 802 g/mol. The second-order valence-electron chi connectivity index (χ2n) is 16.1. The molecule has 0 saturated carbocycles. The molecule has 0 rings (SSSR count). The van der Waals surface area contributed by atoms with E-state index < -0.39 is 13.9 Å². The van der Waals surface area contributed by atoms with E-state index >= 15 is 0 Å². The first-order valence-electron chi connectivity index (χ1n) is 23.7. The van der Waals surface area contributed by atoms with Gasteiger partial charge < -0.3 is 20.1 Å². The molecule has 0 aromatic heterocycles. The maximum Gasteiger partial charge on any atom is 0.472 e. The van der Waals surface area contributed by atoms with E-state index in [4.69, 9.17) is 24.3 Å². The van der Waals surface area contributed by atoms with Gasteiger partial charge in [-0.1, -0.05) is 219 Å². The fraction of sp³-hybridized carbons (Fsp3) is 0.935. The molecule has 0 radical (unpaired) electrons. The van der Waals surface area contributed by atoms with E-state index in [9.17, 15) is 14.3 Å². The molecule has 0 bridgehead atoms. The molecule has 0 aliphatic carbocycles. The highest BCUT2D eigenvalue weighted by Gasteiger charge is 2.25. The molecular formula is C46H92NO7P. The molecule has 2 atom stereocenters. The summed E-state index contributed by atoms with van der Waals surface area (Å²) in [5.41, 5.74) is 5.37. The number of phosphoric ester groups is 1. The van der Waals surface area contributed by atoms with Crippen molar-refractivity contribution in [2.24, 2.45) is 5.73 Å². The molecule has 9 heteroatoms. The minimum atomic E-state index is -4.29. The third-order valence-electron chi connectivity index (χ3n) is 10.5. The number of rotatable bonds is 46. The first-order valence-corrected chi connectivity index (χ1v) is 25.2. The van der Waals surface area contributed by atoms with Gasteiger partial charge in [-0.3, -0.25) is 13.8 Å². The molecule has 0 amide bonds. The highest BCUT2D eigenvalue weighted by molar-refractivity contribution is 7.47. The van der Waals surface area contributed by atoms with Crippen molar-refractivity contribution in [2.75, 3.05) is 26.4 Å². The van der Waals surface area contributed by atoms with Crippen LogP contribution in [0.3, 0.4) is 0 Å². The Hall–Kier alpha value is -0.920. The van der Waals surface area contributed by atoms with Gasteiger partial charge >= 0.3 is 13.8 Å². The third-order valence-corrected chi connectivity index (χ3v) is 11.5. The zero-order chi connectivity index (χ0) is 40.2. The molecule has 8 nitrogen and oxygen atoms in total. The average Bonchev–Trinajstić information content (AvgIpc) is 3.17. The van der Waals surface area contributed by atoms with Crippen LogP contribution in [0.5, 0.6) is 0 Å². The lowest BCUT2D eigenvalue weighted by molar-refractivity contribution is -0.153. The SMILES string of the molecule is CCCCCCCCCCCCCC/C=C/OC[C@H](COP(=O)(O)OCCN)OC(=O)CCCCCCCCCCCCCCCCCCCCCCCC. The van der Waals surface area contributed by atoms with Crippen LogP contribution in [0.2, 0.25) is 0 Å². The standard InChI is InChI=1S/C46H92NO7P/c1-3-5-7-9-11-13-15-17-19-20-21-22-23-24-25-26-27-29-31-33-35-37-39-46(48)54-45(44-53-55(49,50)52-42-40-47)43-51-41-38-36-34-32-30-28-18-16-14-12-10-8-6-4-2/h38,41,45H,3-37,39-40,42-44,47H2,1-2H3,(H,49,50)/b41-38+/t45-/m1/s1. The summed E-state index contributed by atoms with van der Waals surface area (Å²) in [6.07, 6.45) is 49.0. The minimum absolute atomic E-state index is 0.0386. The zero-order valence-electron chi connectivity index (χ0n) is 36.4. The summed E-state index contributed by atoms with van der Waals surface area (Å²) < 4.78 is 33.2. The molecule has 328 valence electrons. The Morgan fingerprint density at radius 3 is 1.29 bits per heavy atom. The molecule has 55 heavy (non-hydrogen) atoms. The molecule has 1 unspecified atom stereocenters. The number of carbonyl (C=O) groups excluding carboxylic acids is 1. The molecule has 3 N–H and O–H groups in total. The van der Waals surface area contributed by atoms with Crippen molar-refractivity contribution in [3.8, 4) is 0 Å². The summed E-state index contributed by atoms with van der Waals surface area (Å²) in [5.74, 6) is -0.346. The van der Waals surface area contributed by atoms with Gasteiger partial charge in [-0.05, 0) is 25.3 Å². The Morgan fingerprint density at radius 1 is 0.545 bits per heavy atom. The van der Waals surface area contributed by atoms with Crippen molar-refractivity contribution in [2.45, 2.75) is 251 Å². The van der Waals surface area contributed by atoms with Gasteiger partial charge in [-0.25, -0.2) is 4.57 Å². The van der Waals surface area contributed by atoms with Crippen LogP contribution in [-0.2, 0) is 27.9 Å². The summed E-state index contributed by atoms with van der Waals surface area (Å²) in [6.45, 7) is 4.29. The van der Waals surface area contributed by atoms with Crippen molar-refractivity contribution in [3.63, 3.8) is 0 Å². The number of allylic oxidation sites excluding steroid dienone is 1. The quantitative estimate of drug-likeness (QED) is 0.0270. The Morgan fingerprint density at radius 2 is 0.909 bits per heavy atom. The molecule has 0 aliphatic heterocycles. The summed E-state index contributed by atoms with van der Waals surface area (Å²) >= 11 is 0. The van der Waals surface area contributed by atoms with Crippen molar-refractivity contribution in [1.82, 2.24) is 0 Å². The smallest absolute Gasteiger partial charge is 0.472 e. The minimum Gasteiger partial charge on any atom is -0.498 e. The van der Waals surface area contributed by atoms with E-state index in [1.165, 1.54) is 193 Å². The largest absolute Gasteiger partial charge is 0.498 e. The van der Waals surface area contributed by atoms with Crippen molar-refractivity contribution >= 4 is 13.8 Å². The number of unbranched alkanes of at least 4 members (excludes halogenated alkanes) is 33. The van der Waals surface area contributed by atoms with E-state index in [1.54, 1.807) is 6.26 Å². The number of hydrogen-bond donors (Lipinski definition) is 2. The Kier molecular flexibility index (Phi) is 43.4. The first kappa shape index (κ1) is 54.1. The fourth-order valence-electron chi connectivity index (χ4n) is 7.02. The normalized spacial score (nSPS) is 13.4. The van der Waals surface area contributed by atoms with Gasteiger partial charge in [0, 0.05) is 13.0 Å². The van der Waals surface area contributed by atoms with E-state index in [2.05, 4.69) is 13.8 Å². The van der Waals surface area contributed by atoms with Gasteiger partial charge in [-0.15, -0.1) is 0 Å². The second-order valence-corrected chi connectivity index (χ2v) is 17.5. The molecular weight excluding hydrogens is 709 g/mol. The van der Waals surface area contributed by atoms with Crippen LogP contribution in [-0.4, -0.2) is 43.3 Å². The lowest BCUT2D eigenvalue weighted by Crippen LogP contribution is -2.27. The Bertz CT molecular complexity index is 858. The highest BCUT2D eigenvalue weighted by atomic mass is 31.2. The molecule has 0 heterocycles. The Labute approximate surface area is 341 Å². The number of nitrogens with two attached hydrogens (primary N) is 1. The lowest BCUT2D eigenvalue weighted by Gasteiger charge is -2.19. The second kappa shape index (κ2) is 44.2. The molecule has 0 aromatic carbocycles. The summed E-state index contributed by atoms with van der Waals surface area (Å²) in [5, 5.41) is 0. The molecule has 0 aliphatic rings. The van der Waals surface area contributed by atoms with Gasteiger partial charge in [0.15, 0.2) is 6.10 Å². The van der Waals surface area contributed by atoms with Crippen molar-refractivity contribution in [3.05, 3.63) is 12.3 Å². The summed E-state index contributed by atoms with van der Waals surface area (Å²) in [4.78, 5) is 22.5. The van der Waals surface area contributed by atoms with Crippen LogP contribution in [0.15, 0.2) is 12.3 Å². The number of phosphoric acid groups is 1. The van der Waals surface area contributed by atoms with E-state index in [1.807, 2.05) is 6.08 Å². The number of hydrogen-bond acceptors (Lipinski definition) is 7. The number of carbonyl (C=O) groups is 1.